The molecule has 0 saturated carbocycles. The summed E-state index contributed by atoms with van der Waals surface area (Å²) in [6.45, 7) is 14.7. The van der Waals surface area contributed by atoms with Gasteiger partial charge in [0, 0.05) is 43.8 Å². The number of nitrogens with zero attached hydrogens (tertiary/aromatic N) is 2. The molecule has 1 heterocycles. The lowest BCUT2D eigenvalue weighted by Gasteiger charge is -2.36. The van der Waals surface area contributed by atoms with Crippen LogP contribution in [0.4, 0.5) is 4.79 Å². The van der Waals surface area contributed by atoms with Crippen molar-refractivity contribution in [1.29, 1.82) is 0 Å². The van der Waals surface area contributed by atoms with Crippen molar-refractivity contribution >= 4 is 41.2 Å². The topological polar surface area (TPSA) is 153 Å². The van der Waals surface area contributed by atoms with E-state index in [0.717, 1.165) is 27.8 Å². The van der Waals surface area contributed by atoms with Crippen molar-refractivity contribution in [2.24, 2.45) is 17.8 Å². The number of nitrogens with one attached hydrogen (secondary N) is 2. The van der Waals surface area contributed by atoms with Crippen molar-refractivity contribution in [3.63, 3.8) is 0 Å². The molecule has 12 nitrogen and oxygen atoms in total. The second-order valence-corrected chi connectivity index (χ2v) is 17.3. The molecule has 5 rings (SSSR count). The van der Waals surface area contributed by atoms with E-state index < -0.39 is 48.1 Å². The van der Waals surface area contributed by atoms with Crippen molar-refractivity contribution < 1.29 is 38.2 Å². The molecule has 1 aliphatic carbocycles. The molecule has 4 aromatic rings. The van der Waals surface area contributed by atoms with E-state index in [9.17, 15) is 24.0 Å². The Morgan fingerprint density at radius 2 is 1.50 bits per heavy atom. The molecule has 0 aliphatic heterocycles. The Bertz CT molecular complexity index is 2130. The number of carbonyl (C=O) groups is 5. The fourth-order valence-electron chi connectivity index (χ4n) is 8.03. The van der Waals surface area contributed by atoms with Crippen LogP contribution in [-0.4, -0.2) is 78.1 Å². The van der Waals surface area contributed by atoms with E-state index in [2.05, 4.69) is 46.5 Å². The zero-order valence-electron chi connectivity index (χ0n) is 36.8. The number of alkyl carbamates (subject to hydrolysis) is 1. The van der Waals surface area contributed by atoms with E-state index in [1.165, 1.54) is 24.3 Å². The first-order valence-corrected chi connectivity index (χ1v) is 22.2. The SMILES string of the molecule is C=CCOC(=O)C(C)C[C@H](Cc1ccccc1)NC(=O)c1csc([C@@H](C[C@H](C(C)C)N(C)C(=O)[C@@H](NC(=O)OCC2c3ccccc3-c3ccccc32)C(C)CC)OC(C)=O)n1. The second-order valence-electron chi connectivity index (χ2n) is 16.4. The van der Waals surface area contributed by atoms with Crippen LogP contribution >= 0.6 is 11.3 Å². The summed E-state index contributed by atoms with van der Waals surface area (Å²) in [7, 11) is 1.69. The highest BCUT2D eigenvalue weighted by Gasteiger charge is 2.37. The van der Waals surface area contributed by atoms with Crippen molar-refractivity contribution in [2.75, 3.05) is 20.3 Å². The van der Waals surface area contributed by atoms with Crippen LogP contribution in [0.1, 0.15) is 105 Å². The van der Waals surface area contributed by atoms with E-state index in [1.54, 1.807) is 24.3 Å². The summed E-state index contributed by atoms with van der Waals surface area (Å²) in [5.74, 6) is -2.63. The number of amides is 3. The monoisotopic (exact) mass is 864 g/mol. The smallest absolute Gasteiger partial charge is 0.407 e. The predicted molar refractivity (Wildman–Crippen MR) is 240 cm³/mol. The lowest BCUT2D eigenvalue weighted by Crippen LogP contribution is -2.54. The normalized spacial score (nSPS) is 14.8. The number of likely N-dealkylation sites (N-methyl/N-ethyl adjacent to an activating group) is 1. The zero-order chi connectivity index (χ0) is 44.9. The third-order valence-electron chi connectivity index (χ3n) is 11.5. The minimum absolute atomic E-state index is 0.0994. The number of ether oxygens (including phenoxy) is 3. The van der Waals surface area contributed by atoms with Crippen LogP contribution in [0.15, 0.2) is 96.9 Å². The van der Waals surface area contributed by atoms with Gasteiger partial charge in [-0.2, -0.15) is 0 Å². The molecule has 2 unspecified atom stereocenters. The molecule has 1 aromatic heterocycles. The van der Waals surface area contributed by atoms with Gasteiger partial charge in [-0.1, -0.05) is 133 Å². The molecule has 330 valence electrons. The molecule has 0 bridgehead atoms. The number of aromatic nitrogens is 1. The number of rotatable bonds is 21. The number of benzene rings is 3. The van der Waals surface area contributed by atoms with Crippen LogP contribution in [0.2, 0.25) is 0 Å². The van der Waals surface area contributed by atoms with Crippen LogP contribution in [0.3, 0.4) is 0 Å². The van der Waals surface area contributed by atoms with Crippen molar-refractivity contribution in [3.05, 3.63) is 124 Å². The summed E-state index contributed by atoms with van der Waals surface area (Å²) in [6, 6.07) is 24.1. The Morgan fingerprint density at radius 1 is 0.871 bits per heavy atom. The maximum atomic E-state index is 14.4. The first-order valence-electron chi connectivity index (χ1n) is 21.3. The Morgan fingerprint density at radius 3 is 2.10 bits per heavy atom. The van der Waals surface area contributed by atoms with Gasteiger partial charge in [0.05, 0.1) is 5.92 Å². The summed E-state index contributed by atoms with van der Waals surface area (Å²) >= 11 is 1.18. The standard InChI is InChI=1S/C49H60N4O8S/c1-9-24-59-48(57)32(6)25-35(26-34-18-12-11-13-19-34)50-45(55)41-29-62-46(51-41)43(61-33(7)54)27-42(30(3)4)53(8)47(56)44(31(5)10-2)52-49(58)60-28-40-38-22-16-14-20-36(38)37-21-15-17-23-39(37)40/h9,11-23,29-32,35,40,42-44H,1,10,24-28H2,2-8H3,(H,50,55)(H,52,58)/t31?,32?,35-,42-,43-,44+/m1/s1. The Labute approximate surface area is 369 Å². The summed E-state index contributed by atoms with van der Waals surface area (Å²) in [5.41, 5.74) is 5.54. The quantitative estimate of drug-likeness (QED) is 0.0476. The van der Waals surface area contributed by atoms with E-state index in [1.807, 2.05) is 82.3 Å². The highest BCUT2D eigenvalue weighted by atomic mass is 32.1. The van der Waals surface area contributed by atoms with Gasteiger partial charge in [-0.05, 0) is 52.5 Å². The minimum Gasteiger partial charge on any atom is -0.461 e. The Kier molecular flexibility index (Phi) is 17.0. The van der Waals surface area contributed by atoms with Gasteiger partial charge in [0.1, 0.15) is 30.0 Å². The molecule has 0 saturated heterocycles. The first-order chi connectivity index (χ1) is 29.7. The fraction of sp³-hybridized carbons (Fsp3) is 0.429. The Balaban J connectivity index is 1.28. The van der Waals surface area contributed by atoms with Gasteiger partial charge in [-0.3, -0.25) is 19.2 Å². The van der Waals surface area contributed by atoms with Gasteiger partial charge in [0.2, 0.25) is 5.91 Å². The van der Waals surface area contributed by atoms with Crippen molar-refractivity contribution in [2.45, 2.75) is 97.4 Å². The highest BCUT2D eigenvalue weighted by Crippen LogP contribution is 2.44. The van der Waals surface area contributed by atoms with Crippen LogP contribution in [0.25, 0.3) is 11.1 Å². The molecule has 1 aliphatic rings. The van der Waals surface area contributed by atoms with E-state index in [0.29, 0.717) is 24.3 Å². The van der Waals surface area contributed by atoms with E-state index >= 15 is 0 Å². The molecule has 0 fully saturated rings. The van der Waals surface area contributed by atoms with Crippen molar-refractivity contribution in [3.8, 4) is 11.1 Å². The lowest BCUT2D eigenvalue weighted by atomic mass is 9.93. The zero-order valence-corrected chi connectivity index (χ0v) is 37.6. The van der Waals surface area contributed by atoms with Gasteiger partial charge in [-0.15, -0.1) is 11.3 Å². The van der Waals surface area contributed by atoms with Crippen LogP contribution in [-0.2, 0) is 35.0 Å². The van der Waals surface area contributed by atoms with Crippen LogP contribution < -0.4 is 10.6 Å². The van der Waals surface area contributed by atoms with Gasteiger partial charge >= 0.3 is 18.0 Å². The number of fused-ring (bicyclic) bond motifs is 3. The summed E-state index contributed by atoms with van der Waals surface area (Å²) in [4.78, 5) is 73.0. The molecule has 0 radical (unpaired) electrons. The molecule has 6 atom stereocenters. The average molecular weight is 865 g/mol. The first kappa shape index (κ1) is 47.2. The van der Waals surface area contributed by atoms with Crippen molar-refractivity contribution in [1.82, 2.24) is 20.5 Å². The van der Waals surface area contributed by atoms with Crippen LogP contribution in [0, 0.1) is 17.8 Å². The van der Waals surface area contributed by atoms with Gasteiger partial charge < -0.3 is 29.7 Å². The van der Waals surface area contributed by atoms with E-state index in [4.69, 9.17) is 14.2 Å². The van der Waals surface area contributed by atoms with Gasteiger partial charge in [0.25, 0.3) is 5.91 Å². The lowest BCUT2D eigenvalue weighted by molar-refractivity contribution is -0.149. The molecule has 2 N–H and O–H groups in total. The number of esters is 2. The maximum Gasteiger partial charge on any atom is 0.407 e. The highest BCUT2D eigenvalue weighted by molar-refractivity contribution is 7.09. The molecule has 62 heavy (non-hydrogen) atoms. The molecule has 3 aromatic carbocycles. The van der Waals surface area contributed by atoms with Gasteiger partial charge in [0.15, 0.2) is 6.10 Å². The number of hydrogen-bond acceptors (Lipinski definition) is 10. The molecule has 3 amide bonds. The molecule has 0 spiro atoms. The third kappa shape index (κ3) is 12.2. The number of carbonyl (C=O) groups excluding carboxylic acids is 5. The average Bonchev–Trinajstić information content (AvgIpc) is 3.88. The number of hydrogen-bond donors (Lipinski definition) is 2. The Hall–Kier alpha value is -5.82. The summed E-state index contributed by atoms with van der Waals surface area (Å²) in [5, 5.41) is 7.95. The van der Waals surface area contributed by atoms with Gasteiger partial charge in [-0.25, -0.2) is 9.78 Å². The fourth-order valence-corrected chi connectivity index (χ4v) is 8.87. The summed E-state index contributed by atoms with van der Waals surface area (Å²) in [6.07, 6.45) is 1.56. The molecular weight excluding hydrogens is 805 g/mol. The summed E-state index contributed by atoms with van der Waals surface area (Å²) < 4.78 is 16.9. The number of thiazole rings is 1. The minimum atomic E-state index is -0.889. The third-order valence-corrected chi connectivity index (χ3v) is 12.5. The predicted octanol–water partition coefficient (Wildman–Crippen LogP) is 8.67. The molecular formula is C49H60N4O8S. The largest absolute Gasteiger partial charge is 0.461 e. The maximum absolute atomic E-state index is 14.4. The van der Waals surface area contributed by atoms with E-state index in [-0.39, 0.29) is 55.0 Å². The second kappa shape index (κ2) is 22.3. The van der Waals surface area contributed by atoms with Crippen LogP contribution in [0.5, 0.6) is 0 Å². The molecule has 13 heteroatoms.